The fraction of sp³-hybridized carbons (Fsp3) is 0.304. The number of rotatable bonds is 6. The van der Waals surface area contributed by atoms with Crippen LogP contribution in [-0.4, -0.2) is 43.3 Å². The topological polar surface area (TPSA) is 88.6 Å². The van der Waals surface area contributed by atoms with Crippen molar-refractivity contribution in [3.63, 3.8) is 0 Å². The predicted octanol–water partition coefficient (Wildman–Crippen LogP) is 4.39. The molecular formula is C23H24ClN3O4S. The minimum atomic E-state index is -3.59. The number of fused-ring (bicyclic) bond motifs is 1. The molecule has 0 radical (unpaired) electrons. The Balaban J connectivity index is 1.48. The molecular weight excluding hydrogens is 450 g/mol. The first kappa shape index (κ1) is 22.5. The Morgan fingerprint density at radius 3 is 2.72 bits per heavy atom. The number of amides is 1. The van der Waals surface area contributed by atoms with E-state index in [9.17, 15) is 13.2 Å². The smallest absolute Gasteiger partial charge is 0.262 e. The van der Waals surface area contributed by atoms with Gasteiger partial charge in [0.25, 0.3) is 5.91 Å². The lowest BCUT2D eigenvalue weighted by Gasteiger charge is -2.26. The highest BCUT2D eigenvalue weighted by atomic mass is 35.5. The van der Waals surface area contributed by atoms with E-state index < -0.39 is 15.9 Å². The number of anilines is 1. The zero-order chi connectivity index (χ0) is 22.7. The Morgan fingerprint density at radius 2 is 1.94 bits per heavy atom. The molecule has 9 heteroatoms. The van der Waals surface area contributed by atoms with E-state index >= 15 is 0 Å². The molecule has 1 amide bonds. The molecule has 1 aromatic heterocycles. The van der Waals surface area contributed by atoms with E-state index in [0.29, 0.717) is 35.1 Å². The van der Waals surface area contributed by atoms with Crippen LogP contribution in [0.1, 0.15) is 24.8 Å². The van der Waals surface area contributed by atoms with Gasteiger partial charge in [-0.2, -0.15) is 4.31 Å². The number of nitrogens with zero attached hydrogens (tertiary/aromatic N) is 2. The van der Waals surface area contributed by atoms with Crippen molar-refractivity contribution in [2.45, 2.75) is 31.1 Å². The van der Waals surface area contributed by atoms with Crippen LogP contribution in [0.3, 0.4) is 0 Å². The van der Waals surface area contributed by atoms with Crippen LogP contribution < -0.4 is 10.1 Å². The first-order chi connectivity index (χ1) is 15.4. The van der Waals surface area contributed by atoms with E-state index in [4.69, 9.17) is 16.3 Å². The highest BCUT2D eigenvalue weighted by molar-refractivity contribution is 7.89. The molecule has 32 heavy (non-hydrogen) atoms. The van der Waals surface area contributed by atoms with Crippen molar-refractivity contribution >= 4 is 44.1 Å². The maximum Gasteiger partial charge on any atom is 0.262 e. The van der Waals surface area contributed by atoms with Crippen LogP contribution in [0.15, 0.2) is 53.6 Å². The average molecular weight is 474 g/mol. The fourth-order valence-corrected chi connectivity index (χ4v) is 5.47. The van der Waals surface area contributed by atoms with Gasteiger partial charge < -0.3 is 10.1 Å². The minimum absolute atomic E-state index is 0.175. The van der Waals surface area contributed by atoms with Crippen LogP contribution in [0.5, 0.6) is 5.75 Å². The summed E-state index contributed by atoms with van der Waals surface area (Å²) in [5.41, 5.74) is 1.77. The molecule has 1 saturated heterocycles. The van der Waals surface area contributed by atoms with Gasteiger partial charge in [0.15, 0.2) is 6.61 Å². The third-order valence-corrected chi connectivity index (χ3v) is 7.70. The van der Waals surface area contributed by atoms with Gasteiger partial charge in [0.2, 0.25) is 10.0 Å². The number of benzene rings is 2. The van der Waals surface area contributed by atoms with E-state index in [1.165, 1.54) is 10.4 Å². The summed E-state index contributed by atoms with van der Waals surface area (Å²) in [7, 11) is -3.59. The molecule has 0 atom stereocenters. The number of sulfonamides is 1. The Kier molecular flexibility index (Phi) is 6.64. The highest BCUT2D eigenvalue weighted by Crippen LogP contribution is 2.30. The first-order valence-corrected chi connectivity index (χ1v) is 12.2. The quantitative estimate of drug-likeness (QED) is 0.573. The van der Waals surface area contributed by atoms with Gasteiger partial charge >= 0.3 is 0 Å². The van der Waals surface area contributed by atoms with E-state index in [2.05, 4.69) is 10.3 Å². The second-order valence-corrected chi connectivity index (χ2v) is 10.1. The van der Waals surface area contributed by atoms with Crippen molar-refractivity contribution in [3.05, 3.63) is 59.2 Å². The Labute approximate surface area is 192 Å². The van der Waals surface area contributed by atoms with Crippen LogP contribution in [0, 0.1) is 6.92 Å². The summed E-state index contributed by atoms with van der Waals surface area (Å²) in [5, 5.41) is 4.05. The van der Waals surface area contributed by atoms with Crippen LogP contribution >= 0.6 is 11.6 Å². The Hall–Kier alpha value is -2.68. The van der Waals surface area contributed by atoms with Crippen molar-refractivity contribution in [1.82, 2.24) is 9.29 Å². The second kappa shape index (κ2) is 9.44. The summed E-state index contributed by atoms with van der Waals surface area (Å²) in [6.07, 6.45) is 4.39. The molecule has 7 nitrogen and oxygen atoms in total. The molecule has 4 rings (SSSR count). The second-order valence-electron chi connectivity index (χ2n) is 7.72. The lowest BCUT2D eigenvalue weighted by molar-refractivity contribution is -0.118. The predicted molar refractivity (Wildman–Crippen MR) is 125 cm³/mol. The van der Waals surface area contributed by atoms with Crippen molar-refractivity contribution in [2.24, 2.45) is 0 Å². The van der Waals surface area contributed by atoms with Crippen LogP contribution in [-0.2, 0) is 14.8 Å². The normalized spacial score (nSPS) is 14.9. The molecule has 2 aromatic carbocycles. The monoisotopic (exact) mass is 473 g/mol. The SMILES string of the molecule is Cc1ccc(S(=O)(=O)N2CCCCC2)cc1NC(=O)COc1ccc(Cl)c2cccnc12. The summed E-state index contributed by atoms with van der Waals surface area (Å²) >= 11 is 6.20. The number of nitrogens with one attached hydrogen (secondary N) is 1. The molecule has 0 bridgehead atoms. The molecule has 1 N–H and O–H groups in total. The molecule has 1 aliphatic rings. The van der Waals surface area contributed by atoms with Crippen molar-refractivity contribution in [1.29, 1.82) is 0 Å². The Morgan fingerprint density at radius 1 is 1.16 bits per heavy atom. The maximum atomic E-state index is 13.0. The lowest BCUT2D eigenvalue weighted by atomic mass is 10.2. The number of aromatic nitrogens is 1. The molecule has 0 spiro atoms. The maximum absolute atomic E-state index is 13.0. The molecule has 3 aromatic rings. The van der Waals surface area contributed by atoms with Gasteiger partial charge in [0, 0.05) is 30.4 Å². The van der Waals surface area contributed by atoms with Gasteiger partial charge in [-0.05, 0) is 61.7 Å². The van der Waals surface area contributed by atoms with Gasteiger partial charge in [-0.1, -0.05) is 24.1 Å². The standard InChI is InChI=1S/C23H24ClN3O4S/c1-16-7-8-17(32(29,30)27-12-3-2-4-13-27)14-20(16)26-22(28)15-31-21-10-9-19(24)18-6-5-11-25-23(18)21/h5-11,14H,2-4,12-13,15H2,1H3,(H,26,28). The summed E-state index contributed by atoms with van der Waals surface area (Å²) in [6.45, 7) is 2.60. The third-order valence-electron chi connectivity index (χ3n) is 5.47. The molecule has 1 fully saturated rings. The Bertz CT molecular complexity index is 1260. The largest absolute Gasteiger partial charge is 0.481 e. The molecule has 1 aliphatic heterocycles. The number of aryl methyl sites for hydroxylation is 1. The average Bonchev–Trinajstić information content (AvgIpc) is 2.81. The van der Waals surface area contributed by atoms with Gasteiger partial charge in [-0.25, -0.2) is 8.42 Å². The number of halogens is 1. The third kappa shape index (κ3) is 4.72. The summed E-state index contributed by atoms with van der Waals surface area (Å²) in [6, 6.07) is 11.8. The number of hydrogen-bond donors (Lipinski definition) is 1. The van der Waals surface area contributed by atoms with Crippen LogP contribution in [0.25, 0.3) is 10.9 Å². The van der Waals surface area contributed by atoms with Crippen LogP contribution in [0.2, 0.25) is 5.02 Å². The van der Waals surface area contributed by atoms with E-state index in [-0.39, 0.29) is 11.5 Å². The van der Waals surface area contributed by atoms with E-state index in [1.54, 1.807) is 36.5 Å². The summed E-state index contributed by atoms with van der Waals surface area (Å²) in [5.74, 6) is 0.0398. The van der Waals surface area contributed by atoms with E-state index in [0.717, 1.165) is 30.2 Å². The van der Waals surface area contributed by atoms with Crippen molar-refractivity contribution < 1.29 is 17.9 Å². The zero-order valence-corrected chi connectivity index (χ0v) is 19.2. The summed E-state index contributed by atoms with van der Waals surface area (Å²) in [4.78, 5) is 17.0. The van der Waals surface area contributed by atoms with E-state index in [1.807, 2.05) is 13.0 Å². The van der Waals surface area contributed by atoms with Crippen molar-refractivity contribution in [3.8, 4) is 5.75 Å². The lowest BCUT2D eigenvalue weighted by Crippen LogP contribution is -2.35. The number of piperidine rings is 1. The van der Waals surface area contributed by atoms with Crippen LogP contribution in [0.4, 0.5) is 5.69 Å². The summed E-state index contributed by atoms with van der Waals surface area (Å²) < 4.78 is 33.1. The first-order valence-electron chi connectivity index (χ1n) is 10.4. The van der Waals surface area contributed by atoms with Gasteiger partial charge in [0.05, 0.1) is 9.92 Å². The molecule has 168 valence electrons. The number of pyridine rings is 1. The van der Waals surface area contributed by atoms with Gasteiger partial charge in [-0.3, -0.25) is 9.78 Å². The molecule has 0 aliphatic carbocycles. The molecule has 2 heterocycles. The van der Waals surface area contributed by atoms with Crippen molar-refractivity contribution in [2.75, 3.05) is 25.0 Å². The number of hydrogen-bond acceptors (Lipinski definition) is 5. The highest BCUT2D eigenvalue weighted by Gasteiger charge is 2.26. The minimum Gasteiger partial charge on any atom is -0.481 e. The number of ether oxygens (including phenoxy) is 1. The van der Waals surface area contributed by atoms with Gasteiger partial charge in [0.1, 0.15) is 11.3 Å². The molecule has 0 unspecified atom stereocenters. The number of carbonyl (C=O) groups is 1. The number of carbonyl (C=O) groups excluding carboxylic acids is 1. The zero-order valence-electron chi connectivity index (χ0n) is 17.7. The van der Waals surface area contributed by atoms with Gasteiger partial charge in [-0.15, -0.1) is 0 Å². The molecule has 0 saturated carbocycles. The fourth-order valence-electron chi connectivity index (χ4n) is 3.71.